The van der Waals surface area contributed by atoms with Gasteiger partial charge in [-0.05, 0) is 38.1 Å². The lowest BCUT2D eigenvalue weighted by Gasteiger charge is -2.14. The monoisotopic (exact) mass is 427 g/mol. The Labute approximate surface area is 184 Å². The van der Waals surface area contributed by atoms with E-state index in [0.29, 0.717) is 16.3 Å². The van der Waals surface area contributed by atoms with Gasteiger partial charge in [0.2, 0.25) is 5.91 Å². The Morgan fingerprint density at radius 3 is 2.16 bits per heavy atom. The van der Waals surface area contributed by atoms with E-state index < -0.39 is 0 Å². The van der Waals surface area contributed by atoms with E-state index in [4.69, 9.17) is 0 Å². The molecule has 0 aliphatic rings. The first kappa shape index (κ1) is 20.8. The molecule has 0 radical (unpaired) electrons. The molecule has 6 heteroatoms. The molecule has 154 valence electrons. The molecule has 1 aromatic heterocycles. The molecule has 31 heavy (non-hydrogen) atoms. The van der Waals surface area contributed by atoms with Gasteiger partial charge in [0.15, 0.2) is 5.78 Å². The van der Waals surface area contributed by atoms with E-state index in [-0.39, 0.29) is 16.9 Å². The number of aromatic nitrogens is 2. The van der Waals surface area contributed by atoms with E-state index in [2.05, 4.69) is 15.5 Å². The van der Waals surface area contributed by atoms with E-state index in [0.717, 1.165) is 22.0 Å². The number of nitrogens with zero attached hydrogens (tertiary/aromatic N) is 2. The molecule has 0 spiro atoms. The van der Waals surface area contributed by atoms with Gasteiger partial charge in [0.1, 0.15) is 10.7 Å². The van der Waals surface area contributed by atoms with E-state index in [1.54, 1.807) is 24.3 Å². The molecule has 0 saturated heterocycles. The lowest BCUT2D eigenvalue weighted by molar-refractivity contribution is -0.115. The summed E-state index contributed by atoms with van der Waals surface area (Å²) in [5.41, 5.74) is 3.09. The quantitative estimate of drug-likeness (QED) is 0.319. The lowest BCUT2D eigenvalue weighted by atomic mass is 10.1. The van der Waals surface area contributed by atoms with Gasteiger partial charge in [-0.25, -0.2) is 0 Å². The third-order valence-electron chi connectivity index (χ3n) is 4.92. The molecule has 1 amide bonds. The highest BCUT2D eigenvalue weighted by atomic mass is 32.2. The molecule has 0 aliphatic heterocycles. The Bertz CT molecular complexity index is 1240. The first-order valence-electron chi connectivity index (χ1n) is 9.92. The van der Waals surface area contributed by atoms with E-state index in [1.807, 2.05) is 61.5 Å². The van der Waals surface area contributed by atoms with Crippen LogP contribution in [0.1, 0.15) is 24.2 Å². The lowest BCUT2D eigenvalue weighted by Crippen LogP contribution is -2.22. The summed E-state index contributed by atoms with van der Waals surface area (Å²) >= 11 is 1.37. The van der Waals surface area contributed by atoms with Gasteiger partial charge in [0, 0.05) is 27.6 Å². The molecule has 0 saturated carbocycles. The fourth-order valence-electron chi connectivity index (χ4n) is 3.23. The number of amides is 1. The number of nitrogens with one attached hydrogen (secondary N) is 1. The van der Waals surface area contributed by atoms with Gasteiger partial charge in [-0.2, -0.15) is 0 Å². The Balaban J connectivity index is 1.55. The molecular formula is C25H21N3O2S. The molecule has 1 unspecified atom stereocenters. The van der Waals surface area contributed by atoms with Gasteiger partial charge in [0.05, 0.1) is 5.25 Å². The molecule has 4 aromatic rings. The average molecular weight is 428 g/mol. The van der Waals surface area contributed by atoms with Gasteiger partial charge in [-0.3, -0.25) is 9.59 Å². The normalized spacial score (nSPS) is 11.8. The number of hydrogen-bond donors (Lipinski definition) is 1. The van der Waals surface area contributed by atoms with Crippen LogP contribution in [0.15, 0.2) is 83.9 Å². The highest BCUT2D eigenvalue weighted by Gasteiger charge is 2.19. The molecule has 4 rings (SSSR count). The molecule has 0 bridgehead atoms. The van der Waals surface area contributed by atoms with Crippen LogP contribution in [0.4, 0.5) is 5.69 Å². The van der Waals surface area contributed by atoms with E-state index in [1.165, 1.54) is 18.7 Å². The minimum absolute atomic E-state index is 0.00815. The van der Waals surface area contributed by atoms with E-state index in [9.17, 15) is 9.59 Å². The van der Waals surface area contributed by atoms with Crippen LogP contribution < -0.4 is 5.32 Å². The summed E-state index contributed by atoms with van der Waals surface area (Å²) in [6, 6.07) is 24.8. The average Bonchev–Trinajstić information content (AvgIpc) is 2.80. The maximum absolute atomic E-state index is 12.7. The first-order chi connectivity index (χ1) is 15.0. The highest BCUT2D eigenvalue weighted by molar-refractivity contribution is 8.00. The van der Waals surface area contributed by atoms with Crippen molar-refractivity contribution in [3.8, 4) is 11.3 Å². The number of carbonyl (C=O) groups is 2. The largest absolute Gasteiger partial charge is 0.325 e. The second-order valence-electron chi connectivity index (χ2n) is 7.15. The third kappa shape index (κ3) is 4.64. The SMILES string of the molecule is CC(=O)c1ccc(NC(=O)C(C)Sc2nnc(-c3ccccc3)c3ccccc23)cc1. The van der Waals surface area contributed by atoms with Crippen molar-refractivity contribution in [3.63, 3.8) is 0 Å². The van der Waals surface area contributed by atoms with Crippen LogP contribution in [0, 0.1) is 0 Å². The standard InChI is InChI=1S/C25H21N3O2S/c1-16(29)18-12-14-20(15-13-18)26-24(30)17(2)31-25-22-11-7-6-10-21(22)23(27-28-25)19-8-4-3-5-9-19/h3-15,17H,1-2H3,(H,26,30). The predicted molar refractivity (Wildman–Crippen MR) is 125 cm³/mol. The van der Waals surface area contributed by atoms with Crippen molar-refractivity contribution < 1.29 is 9.59 Å². The van der Waals surface area contributed by atoms with Crippen LogP contribution in [0.25, 0.3) is 22.0 Å². The number of benzene rings is 3. The molecule has 1 heterocycles. The van der Waals surface area contributed by atoms with Crippen molar-refractivity contribution in [2.24, 2.45) is 0 Å². The number of thioether (sulfide) groups is 1. The summed E-state index contributed by atoms with van der Waals surface area (Å²) < 4.78 is 0. The maximum atomic E-state index is 12.7. The topological polar surface area (TPSA) is 72.0 Å². The van der Waals surface area contributed by atoms with Gasteiger partial charge >= 0.3 is 0 Å². The fraction of sp³-hybridized carbons (Fsp3) is 0.120. The summed E-state index contributed by atoms with van der Waals surface area (Å²) in [5, 5.41) is 14.1. The number of hydrogen-bond acceptors (Lipinski definition) is 5. The van der Waals surface area contributed by atoms with Crippen LogP contribution in [-0.4, -0.2) is 27.1 Å². The van der Waals surface area contributed by atoms with Gasteiger partial charge < -0.3 is 5.32 Å². The van der Waals surface area contributed by atoms with Gasteiger partial charge in [-0.1, -0.05) is 66.4 Å². The molecule has 1 N–H and O–H groups in total. The minimum atomic E-state index is -0.382. The molecule has 0 fully saturated rings. The van der Waals surface area contributed by atoms with Gasteiger partial charge in [-0.15, -0.1) is 10.2 Å². The number of carbonyl (C=O) groups excluding carboxylic acids is 2. The van der Waals surface area contributed by atoms with Crippen molar-refractivity contribution in [1.29, 1.82) is 0 Å². The Hall–Kier alpha value is -3.51. The zero-order valence-electron chi connectivity index (χ0n) is 17.2. The summed E-state index contributed by atoms with van der Waals surface area (Å²) in [5.74, 6) is -0.148. The second-order valence-corrected chi connectivity index (χ2v) is 8.48. The van der Waals surface area contributed by atoms with Crippen LogP contribution in [0.2, 0.25) is 0 Å². The fourth-order valence-corrected chi connectivity index (χ4v) is 4.12. The van der Waals surface area contributed by atoms with Crippen molar-refractivity contribution in [2.75, 3.05) is 5.32 Å². The number of rotatable bonds is 6. The summed E-state index contributed by atoms with van der Waals surface area (Å²) in [4.78, 5) is 24.1. The molecular weight excluding hydrogens is 406 g/mol. The Kier molecular flexibility index (Phi) is 6.09. The molecule has 0 aliphatic carbocycles. The predicted octanol–water partition coefficient (Wildman–Crippen LogP) is 5.62. The van der Waals surface area contributed by atoms with Crippen molar-refractivity contribution in [2.45, 2.75) is 24.1 Å². The molecule has 1 atom stereocenters. The smallest absolute Gasteiger partial charge is 0.237 e. The minimum Gasteiger partial charge on any atom is -0.325 e. The Morgan fingerprint density at radius 2 is 1.48 bits per heavy atom. The van der Waals surface area contributed by atoms with Crippen molar-refractivity contribution in [1.82, 2.24) is 10.2 Å². The number of ketones is 1. The zero-order chi connectivity index (χ0) is 21.8. The maximum Gasteiger partial charge on any atom is 0.237 e. The molecule has 5 nitrogen and oxygen atoms in total. The number of Topliss-reactive ketones (excluding diaryl/α,β-unsaturated/α-hetero) is 1. The van der Waals surface area contributed by atoms with E-state index >= 15 is 0 Å². The third-order valence-corrected chi connectivity index (χ3v) is 6.01. The van der Waals surface area contributed by atoms with Crippen molar-refractivity contribution in [3.05, 3.63) is 84.4 Å². The summed E-state index contributed by atoms with van der Waals surface area (Å²) in [7, 11) is 0. The van der Waals surface area contributed by atoms with Crippen LogP contribution >= 0.6 is 11.8 Å². The van der Waals surface area contributed by atoms with Crippen molar-refractivity contribution >= 4 is 39.9 Å². The van der Waals surface area contributed by atoms with Crippen LogP contribution in [0.5, 0.6) is 0 Å². The second kappa shape index (κ2) is 9.10. The summed E-state index contributed by atoms with van der Waals surface area (Å²) in [6.07, 6.45) is 0. The zero-order valence-corrected chi connectivity index (χ0v) is 18.0. The molecule has 3 aromatic carbocycles. The van der Waals surface area contributed by atoms with Crippen LogP contribution in [-0.2, 0) is 4.79 Å². The van der Waals surface area contributed by atoms with Crippen LogP contribution in [0.3, 0.4) is 0 Å². The number of fused-ring (bicyclic) bond motifs is 1. The van der Waals surface area contributed by atoms with Gasteiger partial charge in [0.25, 0.3) is 0 Å². The number of anilines is 1. The first-order valence-corrected chi connectivity index (χ1v) is 10.8. The summed E-state index contributed by atoms with van der Waals surface area (Å²) in [6.45, 7) is 3.35. The Morgan fingerprint density at radius 1 is 0.839 bits per heavy atom. The highest BCUT2D eigenvalue weighted by Crippen LogP contribution is 2.33.